The number of halogens is 4. The van der Waals surface area contributed by atoms with Gasteiger partial charge in [0.25, 0.3) is 0 Å². The van der Waals surface area contributed by atoms with Gasteiger partial charge in [-0.1, -0.05) is 6.07 Å². The van der Waals surface area contributed by atoms with Crippen molar-refractivity contribution in [1.82, 2.24) is 0 Å². The third-order valence-corrected chi connectivity index (χ3v) is 5.44. The zero-order valence-electron chi connectivity index (χ0n) is 11.2. The lowest BCUT2D eigenvalue weighted by atomic mass is 10.1. The van der Waals surface area contributed by atoms with E-state index in [1.807, 2.05) is 0 Å². The van der Waals surface area contributed by atoms with E-state index >= 15 is 0 Å². The lowest BCUT2D eigenvalue weighted by Crippen LogP contribution is -2.29. The lowest BCUT2D eigenvalue weighted by Gasteiger charge is -2.26. The Bertz CT molecular complexity index is 616. The van der Waals surface area contributed by atoms with Gasteiger partial charge in [0.15, 0.2) is 9.84 Å². The molecule has 1 aliphatic heterocycles. The van der Waals surface area contributed by atoms with E-state index in [1.165, 1.54) is 17.0 Å². The molecule has 1 fully saturated rings. The number of anilines is 1. The van der Waals surface area contributed by atoms with Crippen LogP contribution in [0.25, 0.3) is 0 Å². The molecule has 0 saturated carbocycles. The minimum Gasteiger partial charge on any atom is -0.370 e. The van der Waals surface area contributed by atoms with Crippen LogP contribution in [0.3, 0.4) is 0 Å². The predicted octanol–water partition coefficient (Wildman–Crippen LogP) is 3.07. The molecule has 0 amide bonds. The Morgan fingerprint density at radius 1 is 1.19 bits per heavy atom. The van der Waals surface area contributed by atoms with E-state index in [2.05, 4.69) is 0 Å². The standard InChI is InChI=1S/C13H15ClF3NO2S/c14-9-10-2-3-12(11(8-10)13(15,16)17)18-4-1-6-21(19,20)7-5-18/h2-3,8H,1,4-7,9H2. The Labute approximate surface area is 126 Å². The zero-order chi connectivity index (χ0) is 15.7. The van der Waals surface area contributed by atoms with E-state index in [0.29, 0.717) is 18.5 Å². The van der Waals surface area contributed by atoms with Crippen molar-refractivity contribution in [2.24, 2.45) is 0 Å². The van der Waals surface area contributed by atoms with Gasteiger partial charge in [0, 0.05) is 24.7 Å². The molecule has 1 aromatic rings. The van der Waals surface area contributed by atoms with Gasteiger partial charge in [-0.05, 0) is 24.1 Å². The van der Waals surface area contributed by atoms with E-state index < -0.39 is 21.6 Å². The summed E-state index contributed by atoms with van der Waals surface area (Å²) in [6.45, 7) is 0.369. The second kappa shape index (κ2) is 6.04. The molecule has 0 aromatic heterocycles. The van der Waals surface area contributed by atoms with Gasteiger partial charge in [0.2, 0.25) is 0 Å². The topological polar surface area (TPSA) is 37.4 Å². The van der Waals surface area contributed by atoms with Gasteiger partial charge in [-0.3, -0.25) is 0 Å². The first-order valence-corrected chi connectivity index (χ1v) is 8.80. The van der Waals surface area contributed by atoms with Crippen LogP contribution in [0.4, 0.5) is 18.9 Å². The number of nitrogens with zero attached hydrogens (tertiary/aromatic N) is 1. The fourth-order valence-corrected chi connectivity index (χ4v) is 3.79. The van der Waals surface area contributed by atoms with E-state index in [4.69, 9.17) is 11.6 Å². The lowest BCUT2D eigenvalue weighted by molar-refractivity contribution is -0.137. The first-order valence-electron chi connectivity index (χ1n) is 6.44. The average molecular weight is 342 g/mol. The molecule has 0 aliphatic carbocycles. The molecular weight excluding hydrogens is 327 g/mol. The van der Waals surface area contributed by atoms with Gasteiger partial charge >= 0.3 is 6.18 Å². The van der Waals surface area contributed by atoms with Gasteiger partial charge in [0.05, 0.1) is 17.1 Å². The summed E-state index contributed by atoms with van der Waals surface area (Å²) in [5, 5.41) is 0. The highest BCUT2D eigenvalue weighted by molar-refractivity contribution is 7.91. The summed E-state index contributed by atoms with van der Waals surface area (Å²) in [6, 6.07) is 3.94. The van der Waals surface area contributed by atoms with Crippen molar-refractivity contribution in [2.45, 2.75) is 18.5 Å². The Hall–Kier alpha value is -0.950. The summed E-state index contributed by atoms with van der Waals surface area (Å²) in [4.78, 5) is 1.49. The molecule has 2 rings (SSSR count). The summed E-state index contributed by atoms with van der Waals surface area (Å²) in [5.74, 6) is -0.107. The van der Waals surface area contributed by atoms with Crippen LogP contribution in [0.2, 0.25) is 0 Å². The van der Waals surface area contributed by atoms with E-state index in [9.17, 15) is 21.6 Å². The van der Waals surface area contributed by atoms with Crippen molar-refractivity contribution in [2.75, 3.05) is 29.5 Å². The molecule has 0 unspecified atom stereocenters. The minimum absolute atomic E-state index is 0.00224. The maximum atomic E-state index is 13.2. The van der Waals surface area contributed by atoms with Crippen LogP contribution < -0.4 is 4.90 Å². The number of benzene rings is 1. The van der Waals surface area contributed by atoms with Crippen molar-refractivity contribution < 1.29 is 21.6 Å². The van der Waals surface area contributed by atoms with Crippen LogP contribution in [0, 0.1) is 0 Å². The molecule has 0 N–H and O–H groups in total. The highest BCUT2D eigenvalue weighted by atomic mass is 35.5. The fourth-order valence-electron chi connectivity index (χ4n) is 2.35. The van der Waals surface area contributed by atoms with Gasteiger partial charge in [0.1, 0.15) is 0 Å². The molecule has 1 aliphatic rings. The van der Waals surface area contributed by atoms with Crippen molar-refractivity contribution in [1.29, 1.82) is 0 Å². The Morgan fingerprint density at radius 2 is 1.90 bits per heavy atom. The monoisotopic (exact) mass is 341 g/mol. The highest BCUT2D eigenvalue weighted by Crippen LogP contribution is 2.38. The molecule has 0 atom stereocenters. The summed E-state index contributed by atoms with van der Waals surface area (Å²) in [7, 11) is -3.17. The van der Waals surface area contributed by atoms with Crippen molar-refractivity contribution in [3.05, 3.63) is 29.3 Å². The largest absolute Gasteiger partial charge is 0.418 e. The quantitative estimate of drug-likeness (QED) is 0.776. The summed E-state index contributed by atoms with van der Waals surface area (Å²) in [6.07, 6.45) is -4.17. The third-order valence-electron chi connectivity index (χ3n) is 3.42. The predicted molar refractivity (Wildman–Crippen MR) is 76.5 cm³/mol. The van der Waals surface area contributed by atoms with Crippen molar-refractivity contribution >= 4 is 27.1 Å². The number of sulfone groups is 1. The Kier molecular flexibility index (Phi) is 4.72. The van der Waals surface area contributed by atoms with Crippen molar-refractivity contribution in [3.8, 4) is 0 Å². The summed E-state index contributed by atoms with van der Waals surface area (Å²) < 4.78 is 62.7. The number of alkyl halides is 4. The smallest absolute Gasteiger partial charge is 0.370 e. The van der Waals surface area contributed by atoms with Crippen LogP contribution in [-0.2, 0) is 21.9 Å². The Morgan fingerprint density at radius 3 is 2.52 bits per heavy atom. The van der Waals surface area contributed by atoms with Crippen LogP contribution >= 0.6 is 11.6 Å². The zero-order valence-corrected chi connectivity index (χ0v) is 12.7. The van der Waals surface area contributed by atoms with E-state index in [0.717, 1.165) is 6.07 Å². The molecule has 0 radical (unpaired) electrons. The van der Waals surface area contributed by atoms with Crippen LogP contribution in [-0.4, -0.2) is 33.0 Å². The van der Waals surface area contributed by atoms with Crippen LogP contribution in [0.15, 0.2) is 18.2 Å². The van der Waals surface area contributed by atoms with Gasteiger partial charge in [-0.2, -0.15) is 13.2 Å². The fraction of sp³-hybridized carbons (Fsp3) is 0.538. The molecule has 1 heterocycles. The van der Waals surface area contributed by atoms with Gasteiger partial charge in [-0.25, -0.2) is 8.42 Å². The van der Waals surface area contributed by atoms with Crippen molar-refractivity contribution in [3.63, 3.8) is 0 Å². The molecule has 1 aromatic carbocycles. The van der Waals surface area contributed by atoms with Crippen LogP contribution in [0.1, 0.15) is 17.5 Å². The third kappa shape index (κ3) is 4.03. The van der Waals surface area contributed by atoms with Gasteiger partial charge in [-0.15, -0.1) is 11.6 Å². The number of hydrogen-bond donors (Lipinski definition) is 0. The Balaban J connectivity index is 2.39. The maximum Gasteiger partial charge on any atom is 0.418 e. The molecule has 0 bridgehead atoms. The van der Waals surface area contributed by atoms with E-state index in [1.54, 1.807) is 0 Å². The molecule has 21 heavy (non-hydrogen) atoms. The molecule has 8 heteroatoms. The first-order chi connectivity index (χ1) is 9.73. The normalized spacial score (nSPS) is 19.3. The number of hydrogen-bond acceptors (Lipinski definition) is 3. The second-order valence-electron chi connectivity index (χ2n) is 4.98. The number of rotatable bonds is 2. The minimum atomic E-state index is -4.50. The SMILES string of the molecule is O=S1(=O)CCCN(c2ccc(CCl)cc2C(F)(F)F)CC1. The molecule has 0 spiro atoms. The van der Waals surface area contributed by atoms with Crippen LogP contribution in [0.5, 0.6) is 0 Å². The summed E-state index contributed by atoms with van der Waals surface area (Å²) >= 11 is 5.59. The summed E-state index contributed by atoms with van der Waals surface area (Å²) in [5.41, 5.74) is -0.358. The average Bonchev–Trinajstić information content (AvgIpc) is 2.58. The first kappa shape index (κ1) is 16.4. The highest BCUT2D eigenvalue weighted by Gasteiger charge is 2.35. The van der Waals surface area contributed by atoms with E-state index in [-0.39, 0.29) is 29.6 Å². The molecule has 1 saturated heterocycles. The molecular formula is C13H15ClF3NO2S. The molecule has 118 valence electrons. The van der Waals surface area contributed by atoms with Gasteiger partial charge < -0.3 is 4.90 Å². The second-order valence-corrected chi connectivity index (χ2v) is 7.55. The maximum absolute atomic E-state index is 13.2. The molecule has 3 nitrogen and oxygen atoms in total.